The number of nitrogens with zero attached hydrogens (tertiary/aromatic N) is 4. The predicted octanol–water partition coefficient (Wildman–Crippen LogP) is 2.00. The number of aromatic nitrogens is 3. The van der Waals surface area contributed by atoms with Crippen LogP contribution in [0.15, 0.2) is 36.5 Å². The quantitative estimate of drug-likeness (QED) is 0.907. The summed E-state index contributed by atoms with van der Waals surface area (Å²) in [6.07, 6.45) is 2.46. The van der Waals surface area contributed by atoms with Crippen molar-refractivity contribution in [1.82, 2.24) is 19.9 Å². The summed E-state index contributed by atoms with van der Waals surface area (Å²) in [4.78, 5) is 12.5. The van der Waals surface area contributed by atoms with Crippen LogP contribution in [0.3, 0.4) is 0 Å². The van der Waals surface area contributed by atoms with Gasteiger partial charge in [-0.25, -0.2) is 4.79 Å². The third-order valence-electron chi connectivity index (χ3n) is 4.54. The monoisotopic (exact) mass is 330 g/mol. The molecule has 24 heavy (non-hydrogen) atoms. The Morgan fingerprint density at radius 2 is 2.17 bits per heavy atom. The van der Waals surface area contributed by atoms with E-state index in [9.17, 15) is 4.79 Å². The number of aryl methyl sites for hydroxylation is 2. The number of carboxylic acid groups (broad SMARTS) is 1. The molecule has 7 heteroatoms. The van der Waals surface area contributed by atoms with Crippen LogP contribution in [0.1, 0.15) is 23.6 Å². The number of ether oxygens (including phenoxy) is 1. The number of carbonyl (C=O) groups is 1. The van der Waals surface area contributed by atoms with Crippen LogP contribution in [0.5, 0.6) is 0 Å². The van der Waals surface area contributed by atoms with Crippen molar-refractivity contribution in [3.05, 3.63) is 47.8 Å². The van der Waals surface area contributed by atoms with Gasteiger partial charge in [0, 0.05) is 32.3 Å². The maximum atomic E-state index is 11.1. The predicted molar refractivity (Wildman–Crippen MR) is 87.9 cm³/mol. The van der Waals surface area contributed by atoms with Crippen molar-refractivity contribution in [2.24, 2.45) is 0 Å². The van der Waals surface area contributed by atoms with E-state index in [4.69, 9.17) is 9.84 Å². The van der Waals surface area contributed by atoms with Crippen molar-refractivity contribution in [3.8, 4) is 0 Å². The molecular formula is C17H22N4O3. The summed E-state index contributed by atoms with van der Waals surface area (Å²) < 4.78 is 7.34. The van der Waals surface area contributed by atoms with Crippen LogP contribution >= 0.6 is 0 Å². The Labute approximate surface area is 140 Å². The lowest BCUT2D eigenvalue weighted by Crippen LogP contribution is -2.46. The van der Waals surface area contributed by atoms with E-state index < -0.39 is 6.09 Å². The van der Waals surface area contributed by atoms with E-state index in [-0.39, 0.29) is 12.0 Å². The fourth-order valence-electron chi connectivity index (χ4n) is 3.15. The summed E-state index contributed by atoms with van der Waals surface area (Å²) >= 11 is 0. The summed E-state index contributed by atoms with van der Waals surface area (Å²) in [5.41, 5.74) is 2.14. The average molecular weight is 330 g/mol. The molecule has 2 atom stereocenters. The Morgan fingerprint density at radius 1 is 1.38 bits per heavy atom. The van der Waals surface area contributed by atoms with Crippen LogP contribution in [0.2, 0.25) is 0 Å². The molecule has 0 aliphatic carbocycles. The normalized spacial score (nSPS) is 21.0. The number of hydrogen-bond acceptors (Lipinski definition) is 4. The van der Waals surface area contributed by atoms with Crippen molar-refractivity contribution in [2.45, 2.75) is 31.4 Å². The molecule has 1 saturated heterocycles. The Kier molecular flexibility index (Phi) is 5.10. The van der Waals surface area contributed by atoms with Gasteiger partial charge < -0.3 is 14.7 Å². The van der Waals surface area contributed by atoms with Crippen LogP contribution in [-0.4, -0.2) is 57.4 Å². The molecule has 2 unspecified atom stereocenters. The second kappa shape index (κ2) is 7.44. The molecule has 7 nitrogen and oxygen atoms in total. The van der Waals surface area contributed by atoms with Crippen molar-refractivity contribution >= 4 is 6.09 Å². The number of amides is 1. The fourth-order valence-corrected chi connectivity index (χ4v) is 3.15. The first-order chi connectivity index (χ1) is 11.7. The van der Waals surface area contributed by atoms with Crippen LogP contribution < -0.4 is 0 Å². The molecular weight excluding hydrogens is 308 g/mol. The number of hydrogen-bond donors (Lipinski definition) is 1. The molecule has 1 aromatic heterocycles. The number of benzene rings is 1. The van der Waals surface area contributed by atoms with Crippen LogP contribution in [0.25, 0.3) is 0 Å². The van der Waals surface area contributed by atoms with Gasteiger partial charge in [0.1, 0.15) is 0 Å². The highest BCUT2D eigenvalue weighted by Crippen LogP contribution is 2.28. The topological polar surface area (TPSA) is 80.5 Å². The molecule has 1 aliphatic rings. The number of piperidine rings is 1. The van der Waals surface area contributed by atoms with Gasteiger partial charge in [-0.05, 0) is 18.4 Å². The summed E-state index contributed by atoms with van der Waals surface area (Å²) in [7, 11) is 1.61. The fraction of sp³-hybridized carbons (Fsp3) is 0.471. The van der Waals surface area contributed by atoms with Gasteiger partial charge in [0.05, 0.1) is 18.3 Å². The van der Waals surface area contributed by atoms with Gasteiger partial charge in [-0.3, -0.25) is 4.68 Å². The molecule has 0 bridgehead atoms. The lowest BCUT2D eigenvalue weighted by molar-refractivity contribution is 0.0167. The molecule has 1 fully saturated rings. The molecule has 3 rings (SSSR count). The molecule has 2 aromatic rings. The minimum atomic E-state index is -0.901. The van der Waals surface area contributed by atoms with E-state index in [2.05, 4.69) is 22.4 Å². The van der Waals surface area contributed by atoms with E-state index in [1.165, 1.54) is 10.5 Å². The average Bonchev–Trinajstić information content (AvgIpc) is 3.09. The van der Waals surface area contributed by atoms with E-state index in [0.717, 1.165) is 18.7 Å². The first-order valence-corrected chi connectivity index (χ1v) is 8.12. The maximum absolute atomic E-state index is 11.1. The molecule has 0 spiro atoms. The van der Waals surface area contributed by atoms with E-state index in [1.54, 1.807) is 7.11 Å². The van der Waals surface area contributed by atoms with Crippen molar-refractivity contribution in [3.63, 3.8) is 0 Å². The smallest absolute Gasteiger partial charge is 0.407 e. The second-order valence-electron chi connectivity index (χ2n) is 6.04. The highest BCUT2D eigenvalue weighted by Gasteiger charge is 2.34. The minimum Gasteiger partial charge on any atom is -0.465 e. The highest BCUT2D eigenvalue weighted by molar-refractivity contribution is 5.65. The molecule has 1 aliphatic heterocycles. The lowest BCUT2D eigenvalue weighted by atomic mass is 9.91. The zero-order valence-corrected chi connectivity index (χ0v) is 13.7. The Morgan fingerprint density at radius 3 is 2.88 bits per heavy atom. The number of methoxy groups -OCH3 is 1. The van der Waals surface area contributed by atoms with E-state index in [1.807, 2.05) is 29.1 Å². The maximum Gasteiger partial charge on any atom is 0.407 e. The van der Waals surface area contributed by atoms with Gasteiger partial charge in [-0.2, -0.15) is 0 Å². The first-order valence-electron chi connectivity index (χ1n) is 8.12. The van der Waals surface area contributed by atoms with E-state index >= 15 is 0 Å². The van der Waals surface area contributed by atoms with Gasteiger partial charge in [0.2, 0.25) is 0 Å². The van der Waals surface area contributed by atoms with Crippen molar-refractivity contribution in [1.29, 1.82) is 0 Å². The summed E-state index contributed by atoms with van der Waals surface area (Å²) in [5.74, 6) is 0.0797. The first kappa shape index (κ1) is 16.4. The molecule has 1 aromatic carbocycles. The Balaban J connectivity index is 1.63. The third kappa shape index (κ3) is 3.73. The molecule has 1 N–H and O–H groups in total. The van der Waals surface area contributed by atoms with E-state index in [0.29, 0.717) is 19.5 Å². The van der Waals surface area contributed by atoms with Gasteiger partial charge in [-0.1, -0.05) is 35.5 Å². The van der Waals surface area contributed by atoms with Crippen LogP contribution in [0.4, 0.5) is 4.79 Å². The molecule has 2 heterocycles. The molecule has 0 saturated carbocycles. The standard InChI is InChI=1S/C17H22N4O3/c1-24-16-12-20(17(22)23)9-8-14(16)15-11-21(19-18-15)10-7-13-5-3-2-4-6-13/h2-6,11,14,16H,7-10,12H2,1H3,(H,22,23). The minimum absolute atomic E-state index is 0.0797. The van der Waals surface area contributed by atoms with Crippen LogP contribution in [-0.2, 0) is 17.7 Å². The largest absolute Gasteiger partial charge is 0.465 e. The summed E-state index contributed by atoms with van der Waals surface area (Å²) in [5, 5.41) is 17.6. The van der Waals surface area contributed by atoms with Crippen molar-refractivity contribution in [2.75, 3.05) is 20.2 Å². The summed E-state index contributed by atoms with van der Waals surface area (Å²) in [6.45, 7) is 1.63. The molecule has 128 valence electrons. The SMILES string of the molecule is COC1CN(C(=O)O)CCC1c1cn(CCc2ccccc2)nn1. The third-order valence-corrected chi connectivity index (χ3v) is 4.54. The highest BCUT2D eigenvalue weighted by atomic mass is 16.5. The lowest BCUT2D eigenvalue weighted by Gasteiger charge is -2.35. The van der Waals surface area contributed by atoms with Gasteiger partial charge in [0.15, 0.2) is 0 Å². The van der Waals surface area contributed by atoms with Crippen molar-refractivity contribution < 1.29 is 14.6 Å². The van der Waals surface area contributed by atoms with Gasteiger partial charge >= 0.3 is 6.09 Å². The van der Waals surface area contributed by atoms with Crippen LogP contribution in [0, 0.1) is 0 Å². The van der Waals surface area contributed by atoms with Gasteiger partial charge in [-0.15, -0.1) is 5.10 Å². The molecule has 1 amide bonds. The zero-order valence-electron chi connectivity index (χ0n) is 13.7. The van der Waals surface area contributed by atoms with Gasteiger partial charge in [0.25, 0.3) is 0 Å². The Hall–Kier alpha value is -2.41. The zero-order chi connectivity index (χ0) is 16.9. The number of likely N-dealkylation sites (tertiary alicyclic amines) is 1. The summed E-state index contributed by atoms with van der Waals surface area (Å²) in [6, 6.07) is 10.3. The number of rotatable bonds is 5. The molecule has 0 radical (unpaired) electrons. The Bertz CT molecular complexity index is 673. The second-order valence-corrected chi connectivity index (χ2v) is 6.04.